The monoisotopic (exact) mass is 396 g/mol. The van der Waals surface area contributed by atoms with Gasteiger partial charge in [0.15, 0.2) is 6.61 Å². The lowest BCUT2D eigenvalue weighted by Crippen LogP contribution is -2.26. The molecule has 1 aliphatic rings. The Hall–Kier alpha value is -2.65. The van der Waals surface area contributed by atoms with Gasteiger partial charge in [-0.1, -0.05) is 20.8 Å². The van der Waals surface area contributed by atoms with E-state index in [1.165, 1.54) is 16.2 Å². The molecule has 0 saturated heterocycles. The van der Waals surface area contributed by atoms with Crippen molar-refractivity contribution in [3.8, 4) is 11.8 Å². The van der Waals surface area contributed by atoms with Gasteiger partial charge in [0.1, 0.15) is 23.1 Å². The number of amides is 1. The maximum Gasteiger partial charge on any atom is 0.262 e. The van der Waals surface area contributed by atoms with Crippen LogP contribution in [-0.4, -0.2) is 18.8 Å². The number of carbonyl (C=O) groups excluding carboxylic acids is 2. The van der Waals surface area contributed by atoms with E-state index in [9.17, 15) is 14.9 Å². The summed E-state index contributed by atoms with van der Waals surface area (Å²) in [6, 6.07) is 8.83. The quantitative estimate of drug-likeness (QED) is 0.749. The molecule has 28 heavy (non-hydrogen) atoms. The first-order chi connectivity index (χ1) is 13.3. The van der Waals surface area contributed by atoms with Gasteiger partial charge in [-0.05, 0) is 60.4 Å². The Bertz CT molecular complexity index is 917. The van der Waals surface area contributed by atoms with Crippen LogP contribution in [-0.2, 0) is 17.6 Å². The van der Waals surface area contributed by atoms with Crippen molar-refractivity contribution in [1.29, 1.82) is 5.26 Å². The van der Waals surface area contributed by atoms with E-state index in [1.807, 2.05) is 0 Å². The van der Waals surface area contributed by atoms with Gasteiger partial charge in [-0.25, -0.2) is 0 Å². The largest absolute Gasteiger partial charge is 0.484 e. The molecule has 1 aromatic carbocycles. The summed E-state index contributed by atoms with van der Waals surface area (Å²) < 4.78 is 5.47. The molecule has 1 aliphatic carbocycles. The zero-order valence-electron chi connectivity index (χ0n) is 16.4. The highest BCUT2D eigenvalue weighted by atomic mass is 32.1. The Morgan fingerprint density at radius 1 is 1.36 bits per heavy atom. The Morgan fingerprint density at radius 2 is 2.07 bits per heavy atom. The predicted molar refractivity (Wildman–Crippen MR) is 110 cm³/mol. The molecule has 0 unspecified atom stereocenters. The number of anilines is 1. The molecule has 5 nitrogen and oxygen atoms in total. The number of nitriles is 1. The van der Waals surface area contributed by atoms with E-state index in [1.54, 1.807) is 24.3 Å². The maximum atomic E-state index is 12.3. The minimum atomic E-state index is -0.304. The number of hydrogen-bond donors (Lipinski definition) is 1. The first kappa shape index (κ1) is 20.1. The van der Waals surface area contributed by atoms with Gasteiger partial charge in [0.2, 0.25) is 0 Å². The van der Waals surface area contributed by atoms with Gasteiger partial charge in [0.05, 0.1) is 5.56 Å². The van der Waals surface area contributed by atoms with Crippen LogP contribution >= 0.6 is 11.3 Å². The molecule has 146 valence electrons. The molecular formula is C22H24N2O3S. The number of aldehydes is 1. The highest BCUT2D eigenvalue weighted by Crippen LogP contribution is 2.43. The number of nitrogens with zero attached hydrogens (tertiary/aromatic N) is 1. The van der Waals surface area contributed by atoms with E-state index in [4.69, 9.17) is 4.74 Å². The molecule has 1 amide bonds. The Kier molecular flexibility index (Phi) is 5.85. The summed E-state index contributed by atoms with van der Waals surface area (Å²) in [6.07, 6.45) is 3.65. The molecular weight excluding hydrogens is 372 g/mol. The third kappa shape index (κ3) is 4.42. The fraction of sp³-hybridized carbons (Fsp3) is 0.409. The van der Waals surface area contributed by atoms with Crippen molar-refractivity contribution in [3.63, 3.8) is 0 Å². The Morgan fingerprint density at radius 3 is 2.68 bits per heavy atom. The van der Waals surface area contributed by atoms with E-state index in [2.05, 4.69) is 32.2 Å². The van der Waals surface area contributed by atoms with E-state index in [0.717, 1.165) is 31.1 Å². The number of thiophene rings is 1. The van der Waals surface area contributed by atoms with Crippen LogP contribution in [0.4, 0.5) is 5.00 Å². The molecule has 1 heterocycles. The lowest BCUT2D eigenvalue weighted by atomic mass is 9.72. The average molecular weight is 397 g/mol. The first-order valence-corrected chi connectivity index (χ1v) is 10.2. The number of benzene rings is 1. The van der Waals surface area contributed by atoms with Crippen LogP contribution in [0.5, 0.6) is 5.75 Å². The van der Waals surface area contributed by atoms with Gasteiger partial charge in [0.25, 0.3) is 5.91 Å². The lowest BCUT2D eigenvalue weighted by Gasteiger charge is -2.33. The van der Waals surface area contributed by atoms with Crippen molar-refractivity contribution in [1.82, 2.24) is 0 Å². The minimum Gasteiger partial charge on any atom is -0.484 e. The number of hydrogen-bond acceptors (Lipinski definition) is 5. The van der Waals surface area contributed by atoms with Gasteiger partial charge in [-0.2, -0.15) is 5.26 Å². The summed E-state index contributed by atoms with van der Waals surface area (Å²) in [5, 5.41) is 13.1. The minimum absolute atomic E-state index is 0.154. The highest BCUT2D eigenvalue weighted by Gasteiger charge is 2.32. The summed E-state index contributed by atoms with van der Waals surface area (Å²) in [4.78, 5) is 24.2. The van der Waals surface area contributed by atoms with Gasteiger partial charge in [0, 0.05) is 10.4 Å². The van der Waals surface area contributed by atoms with Crippen LogP contribution in [0, 0.1) is 22.7 Å². The summed E-state index contributed by atoms with van der Waals surface area (Å²) in [7, 11) is 0. The second-order valence-corrected chi connectivity index (χ2v) is 9.25. The van der Waals surface area contributed by atoms with Crippen molar-refractivity contribution < 1.29 is 14.3 Å². The molecule has 1 aromatic heterocycles. The molecule has 0 radical (unpaired) electrons. The van der Waals surface area contributed by atoms with Crippen molar-refractivity contribution in [3.05, 3.63) is 45.8 Å². The van der Waals surface area contributed by atoms with E-state index in [0.29, 0.717) is 27.8 Å². The van der Waals surface area contributed by atoms with Crippen LogP contribution in [0.25, 0.3) is 0 Å². The summed E-state index contributed by atoms with van der Waals surface area (Å²) in [6.45, 7) is 6.61. The van der Waals surface area contributed by atoms with Crippen molar-refractivity contribution >= 4 is 28.5 Å². The molecule has 3 rings (SSSR count). The molecule has 1 N–H and O–H groups in total. The van der Waals surface area contributed by atoms with E-state index >= 15 is 0 Å². The SMILES string of the molecule is CC(C)(C)[C@H]1CCc2c(sc(NC(=O)COc3ccc(C=O)cc3)c2C#N)C1. The smallest absolute Gasteiger partial charge is 0.262 e. The van der Waals surface area contributed by atoms with Gasteiger partial charge < -0.3 is 10.1 Å². The summed E-state index contributed by atoms with van der Waals surface area (Å²) >= 11 is 1.51. The normalized spacial score (nSPS) is 16.0. The van der Waals surface area contributed by atoms with E-state index < -0.39 is 0 Å². The number of fused-ring (bicyclic) bond motifs is 1. The molecule has 0 saturated carbocycles. The van der Waals surface area contributed by atoms with Crippen molar-refractivity contribution in [2.45, 2.75) is 40.0 Å². The van der Waals surface area contributed by atoms with Gasteiger partial charge in [-0.15, -0.1) is 11.3 Å². The summed E-state index contributed by atoms with van der Waals surface area (Å²) in [5.74, 6) is 0.785. The topological polar surface area (TPSA) is 79.2 Å². The Labute approximate surface area is 169 Å². The highest BCUT2D eigenvalue weighted by molar-refractivity contribution is 7.16. The molecule has 0 fully saturated rings. The molecule has 1 atom stereocenters. The first-order valence-electron chi connectivity index (χ1n) is 9.34. The Balaban J connectivity index is 1.67. The van der Waals surface area contributed by atoms with E-state index in [-0.39, 0.29) is 17.9 Å². The van der Waals surface area contributed by atoms with Crippen molar-refractivity contribution in [2.75, 3.05) is 11.9 Å². The second kappa shape index (κ2) is 8.15. The fourth-order valence-corrected chi connectivity index (χ4v) is 4.78. The summed E-state index contributed by atoms with van der Waals surface area (Å²) in [5.41, 5.74) is 2.46. The average Bonchev–Trinajstić information content (AvgIpc) is 3.02. The van der Waals surface area contributed by atoms with Gasteiger partial charge in [-0.3, -0.25) is 9.59 Å². The molecule has 0 bridgehead atoms. The molecule has 6 heteroatoms. The molecule has 0 aliphatic heterocycles. The maximum absolute atomic E-state index is 12.3. The van der Waals surface area contributed by atoms with Crippen LogP contribution in [0.15, 0.2) is 24.3 Å². The molecule has 0 spiro atoms. The van der Waals surface area contributed by atoms with Gasteiger partial charge >= 0.3 is 0 Å². The number of nitrogens with one attached hydrogen (secondary N) is 1. The van der Waals surface area contributed by atoms with Crippen molar-refractivity contribution in [2.24, 2.45) is 11.3 Å². The van der Waals surface area contributed by atoms with Crippen LogP contribution in [0.2, 0.25) is 0 Å². The number of rotatable bonds is 5. The zero-order valence-corrected chi connectivity index (χ0v) is 17.2. The standard InChI is InChI=1S/C22H24N2O3S/c1-22(2,3)15-6-9-17-18(11-23)21(28-19(17)10-15)24-20(26)13-27-16-7-4-14(12-25)5-8-16/h4-5,7-8,12,15H,6,9-10,13H2,1-3H3,(H,24,26)/t15-/m0/s1. The predicted octanol–water partition coefficient (Wildman–Crippen LogP) is 4.60. The van der Waals surface area contributed by atoms with Crippen LogP contribution < -0.4 is 10.1 Å². The number of ether oxygens (including phenoxy) is 1. The zero-order chi connectivity index (χ0) is 20.3. The lowest BCUT2D eigenvalue weighted by molar-refractivity contribution is -0.118. The number of carbonyl (C=O) groups is 2. The molecule has 2 aromatic rings. The van der Waals surface area contributed by atoms with Crippen LogP contribution in [0.3, 0.4) is 0 Å². The third-order valence-electron chi connectivity index (χ3n) is 5.24. The second-order valence-electron chi connectivity index (χ2n) is 8.15. The fourth-order valence-electron chi connectivity index (χ4n) is 3.49. The third-order valence-corrected chi connectivity index (χ3v) is 6.41. The van der Waals surface area contributed by atoms with Crippen LogP contribution in [0.1, 0.15) is 53.6 Å².